The number of hydrogen-bond acceptors (Lipinski definition) is 3. The van der Waals surface area contributed by atoms with Crippen molar-refractivity contribution in [2.24, 2.45) is 5.92 Å². The summed E-state index contributed by atoms with van der Waals surface area (Å²) in [4.78, 5) is 27.0. The van der Waals surface area contributed by atoms with Crippen LogP contribution in [0.3, 0.4) is 0 Å². The predicted octanol–water partition coefficient (Wildman–Crippen LogP) is 3.67. The van der Waals surface area contributed by atoms with Crippen molar-refractivity contribution >= 4 is 11.8 Å². The Morgan fingerprint density at radius 1 is 1.17 bits per heavy atom. The van der Waals surface area contributed by atoms with Crippen LogP contribution in [0.25, 0.3) is 0 Å². The molecule has 4 rings (SSSR count). The summed E-state index contributed by atoms with van der Waals surface area (Å²) in [7, 11) is 0. The van der Waals surface area contributed by atoms with Gasteiger partial charge >= 0.3 is 0 Å². The lowest BCUT2D eigenvalue weighted by Crippen LogP contribution is -2.35. The molecule has 2 amide bonds. The molecule has 2 aromatic carbocycles. The second-order valence-electron chi connectivity index (χ2n) is 8.43. The molecule has 2 aromatic rings. The SMILES string of the molecule is C[C@@H](C(=O)N1CCOc2ccc(CCC(=O)NCC3CC3)cc2C1)c1ccccc1. The number of benzene rings is 2. The number of amides is 2. The zero-order chi connectivity index (χ0) is 20.9. The summed E-state index contributed by atoms with van der Waals surface area (Å²) in [5.41, 5.74) is 3.14. The highest BCUT2D eigenvalue weighted by atomic mass is 16.5. The molecule has 2 aliphatic rings. The predicted molar refractivity (Wildman–Crippen MR) is 116 cm³/mol. The largest absolute Gasteiger partial charge is 0.491 e. The van der Waals surface area contributed by atoms with Crippen LogP contribution in [-0.4, -0.2) is 36.4 Å². The van der Waals surface area contributed by atoms with Crippen LogP contribution in [-0.2, 0) is 22.6 Å². The van der Waals surface area contributed by atoms with Crippen LogP contribution in [0.15, 0.2) is 48.5 Å². The molecule has 5 heteroatoms. The number of hydrogen-bond donors (Lipinski definition) is 1. The normalized spacial score (nSPS) is 16.8. The molecule has 0 bridgehead atoms. The highest BCUT2D eigenvalue weighted by Gasteiger charge is 2.25. The molecule has 1 fully saturated rings. The molecule has 30 heavy (non-hydrogen) atoms. The van der Waals surface area contributed by atoms with Gasteiger partial charge in [-0.2, -0.15) is 0 Å². The van der Waals surface area contributed by atoms with Crippen molar-refractivity contribution in [3.05, 3.63) is 65.2 Å². The molecule has 1 N–H and O–H groups in total. The molecular weight excluding hydrogens is 376 g/mol. The summed E-state index contributed by atoms with van der Waals surface area (Å²) in [5.74, 6) is 1.56. The molecule has 1 aliphatic heterocycles. The topological polar surface area (TPSA) is 58.6 Å². The van der Waals surface area contributed by atoms with Crippen LogP contribution in [0.2, 0.25) is 0 Å². The van der Waals surface area contributed by atoms with E-state index in [9.17, 15) is 9.59 Å². The van der Waals surface area contributed by atoms with Gasteiger partial charge in [0.2, 0.25) is 11.8 Å². The van der Waals surface area contributed by atoms with Crippen LogP contribution in [0, 0.1) is 5.92 Å². The van der Waals surface area contributed by atoms with Gasteiger partial charge in [-0.1, -0.05) is 42.5 Å². The van der Waals surface area contributed by atoms with E-state index in [1.54, 1.807) is 0 Å². The zero-order valence-corrected chi connectivity index (χ0v) is 17.6. The minimum Gasteiger partial charge on any atom is -0.491 e. The maximum absolute atomic E-state index is 13.1. The molecule has 1 atom stereocenters. The first-order valence-electron chi connectivity index (χ1n) is 10.9. The number of nitrogens with zero attached hydrogens (tertiary/aromatic N) is 1. The summed E-state index contributed by atoms with van der Waals surface area (Å²) in [6.07, 6.45) is 3.66. The minimum atomic E-state index is -0.189. The molecule has 158 valence electrons. The second kappa shape index (κ2) is 9.33. The number of nitrogens with one attached hydrogen (secondary N) is 1. The molecule has 0 spiro atoms. The summed E-state index contributed by atoms with van der Waals surface area (Å²) < 4.78 is 5.89. The van der Waals surface area contributed by atoms with Gasteiger partial charge < -0.3 is 15.0 Å². The Labute approximate surface area is 178 Å². The van der Waals surface area contributed by atoms with Crippen LogP contribution < -0.4 is 10.1 Å². The zero-order valence-electron chi connectivity index (χ0n) is 17.6. The monoisotopic (exact) mass is 406 g/mol. The van der Waals surface area contributed by atoms with Crippen molar-refractivity contribution < 1.29 is 14.3 Å². The number of aryl methyl sites for hydroxylation is 1. The van der Waals surface area contributed by atoms with E-state index in [1.165, 1.54) is 12.8 Å². The summed E-state index contributed by atoms with van der Waals surface area (Å²) in [6.45, 7) is 4.37. The lowest BCUT2D eigenvalue weighted by Gasteiger charge is -2.24. The number of fused-ring (bicyclic) bond motifs is 1. The molecule has 1 heterocycles. The summed E-state index contributed by atoms with van der Waals surface area (Å²) >= 11 is 0. The van der Waals surface area contributed by atoms with E-state index in [1.807, 2.05) is 54.3 Å². The van der Waals surface area contributed by atoms with Crippen LogP contribution in [0.1, 0.15) is 48.8 Å². The van der Waals surface area contributed by atoms with Crippen LogP contribution in [0.4, 0.5) is 0 Å². The Balaban J connectivity index is 1.39. The second-order valence-corrected chi connectivity index (χ2v) is 8.43. The Morgan fingerprint density at radius 3 is 2.73 bits per heavy atom. The molecule has 0 unspecified atom stereocenters. The van der Waals surface area contributed by atoms with Crippen molar-refractivity contribution in [1.29, 1.82) is 0 Å². The van der Waals surface area contributed by atoms with E-state index in [0.29, 0.717) is 38.5 Å². The van der Waals surface area contributed by atoms with Gasteiger partial charge in [0.05, 0.1) is 12.5 Å². The molecule has 0 saturated heterocycles. The Hall–Kier alpha value is -2.82. The highest BCUT2D eigenvalue weighted by Crippen LogP contribution is 2.28. The van der Waals surface area contributed by atoms with Gasteiger partial charge in [-0.15, -0.1) is 0 Å². The number of carbonyl (C=O) groups excluding carboxylic acids is 2. The van der Waals surface area contributed by atoms with Crippen molar-refractivity contribution in [2.75, 3.05) is 19.7 Å². The van der Waals surface area contributed by atoms with E-state index >= 15 is 0 Å². The van der Waals surface area contributed by atoms with Crippen LogP contribution in [0.5, 0.6) is 5.75 Å². The number of carbonyl (C=O) groups is 2. The van der Waals surface area contributed by atoms with Gasteiger partial charge in [-0.3, -0.25) is 9.59 Å². The fraction of sp³-hybridized carbons (Fsp3) is 0.440. The maximum atomic E-state index is 13.1. The van der Waals surface area contributed by atoms with E-state index in [0.717, 1.165) is 29.0 Å². The van der Waals surface area contributed by atoms with Crippen molar-refractivity contribution in [2.45, 2.75) is 45.1 Å². The molecule has 0 aromatic heterocycles. The third-order valence-electron chi connectivity index (χ3n) is 6.01. The lowest BCUT2D eigenvalue weighted by atomic mass is 9.99. The first-order chi connectivity index (χ1) is 14.6. The van der Waals surface area contributed by atoms with Crippen LogP contribution >= 0.6 is 0 Å². The molecule has 1 aliphatic carbocycles. The third kappa shape index (κ3) is 5.21. The summed E-state index contributed by atoms with van der Waals surface area (Å²) in [5, 5.41) is 3.02. The van der Waals surface area contributed by atoms with E-state index in [2.05, 4.69) is 11.4 Å². The lowest BCUT2D eigenvalue weighted by molar-refractivity contribution is -0.133. The van der Waals surface area contributed by atoms with E-state index < -0.39 is 0 Å². The standard InChI is InChI=1S/C25H30N2O3/c1-18(21-5-3-2-4-6-21)25(29)27-13-14-30-23-11-9-19(15-22(23)17-27)10-12-24(28)26-16-20-7-8-20/h2-6,9,11,15,18,20H,7-8,10,12-14,16-17H2,1H3,(H,26,28)/t18-/m1/s1. The van der Waals surface area contributed by atoms with Gasteiger partial charge in [0.25, 0.3) is 0 Å². The van der Waals surface area contributed by atoms with Crippen molar-refractivity contribution in [1.82, 2.24) is 10.2 Å². The van der Waals surface area contributed by atoms with Gasteiger partial charge in [0, 0.05) is 25.1 Å². The van der Waals surface area contributed by atoms with Gasteiger partial charge in [-0.05, 0) is 49.3 Å². The maximum Gasteiger partial charge on any atom is 0.230 e. The van der Waals surface area contributed by atoms with E-state index in [-0.39, 0.29) is 17.7 Å². The quantitative estimate of drug-likeness (QED) is 0.763. The smallest absolute Gasteiger partial charge is 0.230 e. The van der Waals surface area contributed by atoms with Crippen molar-refractivity contribution in [3.8, 4) is 5.75 Å². The van der Waals surface area contributed by atoms with E-state index in [4.69, 9.17) is 4.74 Å². The fourth-order valence-electron chi connectivity index (χ4n) is 3.88. The Bertz CT molecular complexity index is 893. The average molecular weight is 407 g/mol. The van der Waals surface area contributed by atoms with Crippen molar-refractivity contribution in [3.63, 3.8) is 0 Å². The first-order valence-corrected chi connectivity index (χ1v) is 10.9. The molecule has 0 radical (unpaired) electrons. The highest BCUT2D eigenvalue weighted by molar-refractivity contribution is 5.83. The van der Waals surface area contributed by atoms with Gasteiger partial charge in [0.15, 0.2) is 0 Å². The minimum absolute atomic E-state index is 0.113. The molecule has 5 nitrogen and oxygen atoms in total. The molecular formula is C25H30N2O3. The number of ether oxygens (including phenoxy) is 1. The Kier molecular flexibility index (Phi) is 6.36. The number of rotatable bonds is 7. The van der Waals surface area contributed by atoms with Gasteiger partial charge in [0.1, 0.15) is 12.4 Å². The fourth-order valence-corrected chi connectivity index (χ4v) is 3.88. The average Bonchev–Trinajstić information content (AvgIpc) is 3.62. The first kappa shape index (κ1) is 20.5. The Morgan fingerprint density at radius 2 is 1.97 bits per heavy atom. The van der Waals surface area contributed by atoms with Gasteiger partial charge in [-0.25, -0.2) is 0 Å². The summed E-state index contributed by atoms with van der Waals surface area (Å²) in [6, 6.07) is 16.0. The molecule has 1 saturated carbocycles. The third-order valence-corrected chi connectivity index (χ3v) is 6.01.